The highest BCUT2D eigenvalue weighted by Gasteiger charge is 2.30. The van der Waals surface area contributed by atoms with Crippen molar-refractivity contribution in [3.05, 3.63) is 76.6 Å². The van der Waals surface area contributed by atoms with Gasteiger partial charge >= 0.3 is 6.18 Å². The Balaban J connectivity index is 1.51. The number of rotatable bonds is 4. The van der Waals surface area contributed by atoms with Crippen LogP contribution in [0.4, 0.5) is 18.3 Å². The van der Waals surface area contributed by atoms with Gasteiger partial charge in [0.1, 0.15) is 0 Å². The molecule has 4 aromatic rings. The minimum absolute atomic E-state index is 0.181. The number of benzene rings is 1. The number of halogens is 3. The fourth-order valence-electron chi connectivity index (χ4n) is 2.90. The third-order valence-electron chi connectivity index (χ3n) is 4.62. The zero-order valence-corrected chi connectivity index (χ0v) is 17.3. The summed E-state index contributed by atoms with van der Waals surface area (Å²) in [7, 11) is 0. The number of hydrogen-bond donors (Lipinski definition) is 1. The van der Waals surface area contributed by atoms with Gasteiger partial charge in [-0.2, -0.15) is 18.3 Å². The lowest BCUT2D eigenvalue weighted by atomic mass is 10.1. The second kappa shape index (κ2) is 7.95. The Morgan fingerprint density at radius 2 is 1.81 bits per heavy atom. The molecule has 0 atom stereocenters. The molecule has 0 saturated heterocycles. The number of pyridine rings is 1. The van der Waals surface area contributed by atoms with Crippen LogP contribution in [0.25, 0.3) is 17.1 Å². The molecule has 4 rings (SSSR count). The summed E-state index contributed by atoms with van der Waals surface area (Å²) in [5.41, 5.74) is 2.70. The van der Waals surface area contributed by atoms with Crippen molar-refractivity contribution in [3.8, 4) is 17.1 Å². The minimum Gasteiger partial charge on any atom is -0.298 e. The molecule has 1 N–H and O–H groups in total. The molecule has 0 bridgehead atoms. The lowest BCUT2D eigenvalue weighted by molar-refractivity contribution is -0.137. The van der Waals surface area contributed by atoms with Crippen LogP contribution < -0.4 is 5.32 Å². The lowest BCUT2D eigenvalue weighted by Crippen LogP contribution is -2.13. The zero-order valence-electron chi connectivity index (χ0n) is 16.4. The Hall–Kier alpha value is -3.53. The van der Waals surface area contributed by atoms with Gasteiger partial charge in [-0.05, 0) is 26.0 Å². The molecule has 158 valence electrons. The second-order valence-corrected chi connectivity index (χ2v) is 7.67. The highest BCUT2D eigenvalue weighted by molar-refractivity contribution is 7.14. The van der Waals surface area contributed by atoms with Crippen LogP contribution in [0.3, 0.4) is 0 Å². The van der Waals surface area contributed by atoms with E-state index >= 15 is 0 Å². The molecule has 0 aliphatic carbocycles. The molecule has 0 saturated carbocycles. The largest absolute Gasteiger partial charge is 0.417 e. The van der Waals surface area contributed by atoms with Crippen molar-refractivity contribution in [3.63, 3.8) is 0 Å². The highest BCUT2D eigenvalue weighted by atomic mass is 32.1. The molecular weight excluding hydrogens is 427 g/mol. The van der Waals surface area contributed by atoms with Crippen molar-refractivity contribution in [1.82, 2.24) is 19.7 Å². The van der Waals surface area contributed by atoms with E-state index in [2.05, 4.69) is 20.4 Å². The number of alkyl halides is 3. The standard InChI is InChI=1S/C21H16F3N5OS/c1-12-3-5-14(6-4-12)17-11-31-20(27-17)28-19(30)16-10-26-29(13(16)2)18-8-7-15(9-25-18)21(22,23)24/h3-11H,1-2H3,(H,27,28,30). The Labute approximate surface area is 179 Å². The van der Waals surface area contributed by atoms with E-state index in [0.29, 0.717) is 10.8 Å². The predicted octanol–water partition coefficient (Wildman–Crippen LogP) is 5.28. The van der Waals surface area contributed by atoms with Crippen LogP contribution in [0, 0.1) is 13.8 Å². The predicted molar refractivity (Wildman–Crippen MR) is 111 cm³/mol. The molecule has 3 aromatic heterocycles. The van der Waals surface area contributed by atoms with Gasteiger partial charge in [0, 0.05) is 17.1 Å². The summed E-state index contributed by atoms with van der Waals surface area (Å²) in [6.07, 6.45) is -2.39. The van der Waals surface area contributed by atoms with Crippen LogP contribution in [0.15, 0.2) is 54.2 Å². The van der Waals surface area contributed by atoms with E-state index in [1.165, 1.54) is 28.3 Å². The van der Waals surface area contributed by atoms with Gasteiger partial charge in [-0.1, -0.05) is 29.8 Å². The Morgan fingerprint density at radius 3 is 2.45 bits per heavy atom. The van der Waals surface area contributed by atoms with Crippen LogP contribution in [0.5, 0.6) is 0 Å². The molecular formula is C21H16F3N5OS. The fourth-order valence-corrected chi connectivity index (χ4v) is 3.61. The Kier molecular flexibility index (Phi) is 5.32. The lowest BCUT2D eigenvalue weighted by Gasteiger charge is -2.08. The molecule has 0 radical (unpaired) electrons. The number of carbonyl (C=O) groups excluding carboxylic acids is 1. The maximum Gasteiger partial charge on any atom is 0.417 e. The molecule has 0 spiro atoms. The van der Waals surface area contributed by atoms with E-state index in [4.69, 9.17) is 0 Å². The molecule has 0 aliphatic heterocycles. The number of carbonyl (C=O) groups is 1. The van der Waals surface area contributed by atoms with Gasteiger partial charge in [0.25, 0.3) is 5.91 Å². The Morgan fingerprint density at radius 1 is 1.06 bits per heavy atom. The summed E-state index contributed by atoms with van der Waals surface area (Å²) < 4.78 is 39.5. The summed E-state index contributed by atoms with van der Waals surface area (Å²) in [4.78, 5) is 20.9. The number of nitrogens with one attached hydrogen (secondary N) is 1. The quantitative estimate of drug-likeness (QED) is 0.466. The molecule has 1 amide bonds. The molecule has 6 nitrogen and oxygen atoms in total. The van der Waals surface area contributed by atoms with Gasteiger partial charge in [0.2, 0.25) is 0 Å². The summed E-state index contributed by atoms with van der Waals surface area (Å²) in [5, 5.41) is 9.12. The number of aromatic nitrogens is 4. The summed E-state index contributed by atoms with van der Waals surface area (Å²) >= 11 is 1.30. The van der Waals surface area contributed by atoms with E-state index in [1.54, 1.807) is 6.92 Å². The molecule has 1 aromatic carbocycles. The van der Waals surface area contributed by atoms with Gasteiger partial charge in [-0.25, -0.2) is 14.6 Å². The molecule has 10 heteroatoms. The molecule has 3 heterocycles. The van der Waals surface area contributed by atoms with Crippen molar-refractivity contribution in [2.45, 2.75) is 20.0 Å². The first-order chi connectivity index (χ1) is 14.7. The number of anilines is 1. The van der Waals surface area contributed by atoms with Crippen molar-refractivity contribution in [2.75, 3.05) is 5.32 Å². The first-order valence-electron chi connectivity index (χ1n) is 9.14. The molecule has 0 aliphatic rings. The van der Waals surface area contributed by atoms with Gasteiger partial charge in [-0.15, -0.1) is 11.3 Å². The smallest absolute Gasteiger partial charge is 0.298 e. The number of hydrogen-bond acceptors (Lipinski definition) is 5. The molecule has 0 unspecified atom stereocenters. The van der Waals surface area contributed by atoms with Crippen LogP contribution >= 0.6 is 11.3 Å². The highest BCUT2D eigenvalue weighted by Crippen LogP contribution is 2.29. The average molecular weight is 443 g/mol. The monoisotopic (exact) mass is 443 g/mol. The van der Waals surface area contributed by atoms with Gasteiger partial charge < -0.3 is 0 Å². The summed E-state index contributed by atoms with van der Waals surface area (Å²) in [6.45, 7) is 3.64. The fraction of sp³-hybridized carbons (Fsp3) is 0.143. The van der Waals surface area contributed by atoms with Crippen LogP contribution in [0.1, 0.15) is 27.2 Å². The van der Waals surface area contributed by atoms with E-state index in [9.17, 15) is 18.0 Å². The first-order valence-corrected chi connectivity index (χ1v) is 10.0. The van der Waals surface area contributed by atoms with Crippen molar-refractivity contribution in [1.29, 1.82) is 0 Å². The van der Waals surface area contributed by atoms with Gasteiger partial charge in [-0.3, -0.25) is 10.1 Å². The maximum atomic E-state index is 12.7. The van der Waals surface area contributed by atoms with Gasteiger partial charge in [0.05, 0.1) is 28.7 Å². The van der Waals surface area contributed by atoms with Gasteiger partial charge in [0.15, 0.2) is 10.9 Å². The first kappa shape index (κ1) is 20.7. The van der Waals surface area contributed by atoms with E-state index in [-0.39, 0.29) is 11.4 Å². The number of aryl methyl sites for hydroxylation is 1. The van der Waals surface area contributed by atoms with E-state index in [1.807, 2.05) is 36.6 Å². The molecule has 31 heavy (non-hydrogen) atoms. The topological polar surface area (TPSA) is 72.7 Å². The number of thiazole rings is 1. The summed E-state index contributed by atoms with van der Waals surface area (Å²) in [6, 6.07) is 10.0. The maximum absolute atomic E-state index is 12.7. The van der Waals surface area contributed by atoms with Crippen molar-refractivity contribution >= 4 is 22.4 Å². The van der Waals surface area contributed by atoms with Crippen molar-refractivity contribution < 1.29 is 18.0 Å². The van der Waals surface area contributed by atoms with E-state index < -0.39 is 17.6 Å². The minimum atomic E-state index is -4.47. The number of nitrogens with zero attached hydrogens (tertiary/aromatic N) is 4. The normalized spacial score (nSPS) is 11.5. The molecule has 0 fully saturated rings. The Bertz CT molecular complexity index is 1230. The second-order valence-electron chi connectivity index (χ2n) is 6.82. The van der Waals surface area contributed by atoms with Crippen LogP contribution in [-0.4, -0.2) is 25.7 Å². The third kappa shape index (κ3) is 4.33. The summed E-state index contributed by atoms with van der Waals surface area (Å²) in [5.74, 6) is -0.235. The number of amides is 1. The van der Waals surface area contributed by atoms with E-state index in [0.717, 1.165) is 29.1 Å². The SMILES string of the molecule is Cc1ccc(-c2csc(NC(=O)c3cnn(-c4ccc(C(F)(F)F)cn4)c3C)n2)cc1. The average Bonchev–Trinajstić information content (AvgIpc) is 3.35. The third-order valence-corrected chi connectivity index (χ3v) is 5.38. The van der Waals surface area contributed by atoms with Crippen molar-refractivity contribution in [2.24, 2.45) is 0 Å². The van der Waals surface area contributed by atoms with Crippen LogP contribution in [0.2, 0.25) is 0 Å². The zero-order chi connectivity index (χ0) is 22.2. The van der Waals surface area contributed by atoms with Crippen LogP contribution in [-0.2, 0) is 6.18 Å².